The van der Waals surface area contributed by atoms with Crippen LogP contribution in [0.2, 0.25) is 0 Å². The molecule has 0 saturated heterocycles. The van der Waals surface area contributed by atoms with Gasteiger partial charge in [0.1, 0.15) is 6.61 Å². The molecule has 41 heavy (non-hydrogen) atoms. The maximum Gasteiger partial charge on any atom is 0.290 e. The van der Waals surface area contributed by atoms with E-state index in [1.54, 1.807) is 24.3 Å². The van der Waals surface area contributed by atoms with Crippen molar-refractivity contribution in [1.29, 1.82) is 0 Å². The molecule has 2 amide bonds. The predicted octanol–water partition coefficient (Wildman–Crippen LogP) is -0.0992. The molecule has 0 atom stereocenters. The lowest BCUT2D eigenvalue weighted by Crippen LogP contribution is -2.29. The van der Waals surface area contributed by atoms with E-state index in [0.717, 1.165) is 5.69 Å². The summed E-state index contributed by atoms with van der Waals surface area (Å²) >= 11 is 0. The third kappa shape index (κ3) is 12.1. The van der Waals surface area contributed by atoms with Crippen LogP contribution >= 0.6 is 0 Å². The second-order valence-electron chi connectivity index (χ2n) is 8.10. The number of nitrogens with zero attached hydrogens (tertiary/aromatic N) is 3. The Bertz CT molecular complexity index is 1370. The number of aromatic amines is 1. The van der Waals surface area contributed by atoms with E-state index >= 15 is 0 Å². The van der Waals surface area contributed by atoms with E-state index in [2.05, 4.69) is 41.8 Å². The number of nitrogens with two attached hydrogens (primary N) is 1. The molecule has 2 aromatic heterocycles. The van der Waals surface area contributed by atoms with Gasteiger partial charge in [-0.3, -0.25) is 24.2 Å². The van der Waals surface area contributed by atoms with E-state index in [1.165, 1.54) is 6.20 Å². The van der Waals surface area contributed by atoms with Crippen LogP contribution in [-0.2, 0) is 25.6 Å². The monoisotopic (exact) mass is 568 g/mol. The van der Waals surface area contributed by atoms with E-state index in [9.17, 15) is 14.4 Å². The van der Waals surface area contributed by atoms with E-state index in [-0.39, 0.29) is 42.0 Å². The van der Waals surface area contributed by atoms with E-state index < -0.39 is 5.56 Å². The fourth-order valence-corrected chi connectivity index (χ4v) is 3.24. The van der Waals surface area contributed by atoms with Gasteiger partial charge in [-0.1, -0.05) is 5.92 Å². The lowest BCUT2D eigenvalue weighted by atomic mass is 10.2. The molecule has 3 rings (SSSR count). The van der Waals surface area contributed by atoms with Crippen LogP contribution < -0.4 is 27.2 Å². The van der Waals surface area contributed by atoms with Gasteiger partial charge in [-0.2, -0.15) is 4.98 Å². The van der Waals surface area contributed by atoms with Gasteiger partial charge in [0, 0.05) is 30.8 Å². The number of carbonyl (C=O) groups is 3. The Labute approximate surface area is 235 Å². The highest BCUT2D eigenvalue weighted by molar-refractivity contribution is 5.94. The molecule has 7 N–H and O–H groups in total. The minimum atomic E-state index is -0.457. The van der Waals surface area contributed by atoms with E-state index in [4.69, 9.17) is 31.5 Å². The van der Waals surface area contributed by atoms with Crippen molar-refractivity contribution >= 4 is 41.1 Å². The van der Waals surface area contributed by atoms with Gasteiger partial charge in [-0.05, 0) is 30.7 Å². The first-order valence-electron chi connectivity index (χ1n) is 12.4. The number of carboxylic acid groups (broad SMARTS) is 1. The summed E-state index contributed by atoms with van der Waals surface area (Å²) in [5, 5.41) is 15.6. The number of hydrogen-bond donors (Lipinski definition) is 6. The van der Waals surface area contributed by atoms with Gasteiger partial charge < -0.3 is 36.3 Å². The van der Waals surface area contributed by atoms with Crippen molar-refractivity contribution in [3.8, 4) is 12.3 Å². The summed E-state index contributed by atoms with van der Waals surface area (Å²) in [7, 11) is 0. The smallest absolute Gasteiger partial charge is 0.290 e. The van der Waals surface area contributed by atoms with Crippen LogP contribution in [-0.4, -0.2) is 82.8 Å². The molecule has 0 aliphatic heterocycles. The molecule has 0 aliphatic rings. The summed E-state index contributed by atoms with van der Waals surface area (Å²) in [5.41, 5.74) is 7.13. The highest BCUT2D eigenvalue weighted by atomic mass is 16.5. The van der Waals surface area contributed by atoms with Crippen molar-refractivity contribution in [2.45, 2.75) is 19.4 Å². The Morgan fingerprint density at radius 1 is 1.10 bits per heavy atom. The second kappa shape index (κ2) is 18.3. The Balaban J connectivity index is 0.00000187. The lowest BCUT2D eigenvalue weighted by molar-refractivity contribution is -0.123. The van der Waals surface area contributed by atoms with Crippen LogP contribution in [0.25, 0.3) is 11.2 Å². The number of ether oxygens (including phenoxy) is 2. The molecule has 15 nitrogen and oxygen atoms in total. The fourth-order valence-electron chi connectivity index (χ4n) is 3.24. The first-order chi connectivity index (χ1) is 19.9. The van der Waals surface area contributed by atoms with Gasteiger partial charge in [0.15, 0.2) is 11.2 Å². The number of hydrogen-bond acceptors (Lipinski definition) is 11. The lowest BCUT2D eigenvalue weighted by Gasteiger charge is -2.09. The molecule has 0 unspecified atom stereocenters. The summed E-state index contributed by atoms with van der Waals surface area (Å²) < 4.78 is 10.4. The van der Waals surface area contributed by atoms with Crippen LogP contribution in [0.4, 0.5) is 11.6 Å². The molecule has 0 bridgehead atoms. The predicted molar refractivity (Wildman–Crippen MR) is 150 cm³/mol. The molecule has 0 fully saturated rings. The number of benzene rings is 1. The highest BCUT2D eigenvalue weighted by Gasteiger charge is 2.08. The number of terminal acetylenes is 1. The molecule has 2 heterocycles. The number of carbonyl (C=O) groups excluding carboxylic acids is 2. The molecule has 0 aliphatic carbocycles. The molecule has 218 valence electrons. The van der Waals surface area contributed by atoms with Gasteiger partial charge in [0.2, 0.25) is 11.9 Å². The maximum absolute atomic E-state index is 12.4. The first-order valence-corrected chi connectivity index (χ1v) is 12.4. The maximum atomic E-state index is 12.4. The molecule has 3 aromatic rings. The number of rotatable bonds is 15. The van der Waals surface area contributed by atoms with Gasteiger partial charge in [0.05, 0.1) is 38.3 Å². The summed E-state index contributed by atoms with van der Waals surface area (Å²) in [4.78, 5) is 59.3. The number of H-pyrrole nitrogens is 1. The number of aromatic nitrogens is 4. The van der Waals surface area contributed by atoms with Crippen molar-refractivity contribution in [3.05, 3.63) is 52.1 Å². The summed E-state index contributed by atoms with van der Waals surface area (Å²) in [5.74, 6) is 2.00. The standard InChI is InChI=1S/C25H30N8O5.CH2O2/c1-2-11-37-13-14-38-12-10-27-20(34)4-3-9-28-23(35)17-5-7-18(8-6-17)29-15-19-16-30-22-21(31-19)24(36)33-25(26)32-22;2-1-3/h1,5-8,16,29H,3-4,9-15H2,(H,27,34)(H,28,35)(H3,26,30,32,33,36);1H,(H,2,3). The van der Waals surface area contributed by atoms with Crippen LogP contribution in [0.15, 0.2) is 35.3 Å². The van der Waals surface area contributed by atoms with Crippen molar-refractivity contribution in [2.75, 3.05) is 50.6 Å². The van der Waals surface area contributed by atoms with Crippen molar-refractivity contribution in [3.63, 3.8) is 0 Å². The molecule has 1 aromatic carbocycles. The van der Waals surface area contributed by atoms with Crippen LogP contribution in [0, 0.1) is 12.3 Å². The SMILES string of the molecule is C#CCOCCOCCNC(=O)CCCNC(=O)c1ccc(NCc2cnc3nc(N)[nH]c(=O)c3n2)cc1.O=CO. The highest BCUT2D eigenvalue weighted by Crippen LogP contribution is 2.11. The third-order valence-electron chi connectivity index (χ3n) is 5.10. The molecule has 0 saturated carbocycles. The molecule has 15 heteroatoms. The molecular formula is C26H32N8O7. The van der Waals surface area contributed by atoms with Gasteiger partial charge in [-0.25, -0.2) is 9.97 Å². The Hall–Kier alpha value is -5.07. The largest absolute Gasteiger partial charge is 0.483 e. The van der Waals surface area contributed by atoms with E-state index in [0.29, 0.717) is 63.6 Å². The Kier molecular flexibility index (Phi) is 14.3. The van der Waals surface area contributed by atoms with Crippen LogP contribution in [0.3, 0.4) is 0 Å². The summed E-state index contributed by atoms with van der Waals surface area (Å²) in [6.07, 6.45) is 7.38. The second-order valence-corrected chi connectivity index (χ2v) is 8.10. The minimum Gasteiger partial charge on any atom is -0.483 e. The third-order valence-corrected chi connectivity index (χ3v) is 5.10. The van der Waals surface area contributed by atoms with E-state index in [1.807, 2.05) is 0 Å². The van der Waals surface area contributed by atoms with Crippen LogP contribution in [0.5, 0.6) is 0 Å². The first kappa shape index (κ1) is 32.1. The molecule has 0 radical (unpaired) electrons. The number of nitrogens with one attached hydrogen (secondary N) is 4. The zero-order valence-corrected chi connectivity index (χ0v) is 22.2. The number of amides is 2. The number of nitrogen functional groups attached to an aromatic ring is 1. The summed E-state index contributed by atoms with van der Waals surface area (Å²) in [6, 6.07) is 6.89. The Morgan fingerprint density at radius 2 is 1.83 bits per heavy atom. The Morgan fingerprint density at radius 3 is 2.56 bits per heavy atom. The average Bonchev–Trinajstić information content (AvgIpc) is 2.96. The van der Waals surface area contributed by atoms with Crippen molar-refractivity contribution in [1.82, 2.24) is 30.6 Å². The normalized spacial score (nSPS) is 10.1. The zero-order chi connectivity index (χ0) is 29.9. The van der Waals surface area contributed by atoms with Gasteiger partial charge in [-0.15, -0.1) is 6.42 Å². The average molecular weight is 569 g/mol. The quantitative estimate of drug-likeness (QED) is 0.0803. The number of anilines is 2. The van der Waals surface area contributed by atoms with Gasteiger partial charge in [0.25, 0.3) is 17.9 Å². The topological polar surface area (TPSA) is 224 Å². The molecule has 0 spiro atoms. The zero-order valence-electron chi connectivity index (χ0n) is 22.2. The van der Waals surface area contributed by atoms with Gasteiger partial charge >= 0.3 is 0 Å². The number of fused-ring (bicyclic) bond motifs is 1. The van der Waals surface area contributed by atoms with Crippen LogP contribution in [0.1, 0.15) is 28.9 Å². The fraction of sp³-hybridized carbons (Fsp3) is 0.346. The molecular weight excluding hydrogens is 536 g/mol. The van der Waals surface area contributed by atoms with Crippen molar-refractivity contribution in [2.24, 2.45) is 0 Å². The van der Waals surface area contributed by atoms with Crippen molar-refractivity contribution < 1.29 is 29.0 Å². The summed E-state index contributed by atoms with van der Waals surface area (Å²) in [6.45, 7) is 2.30. The minimum absolute atomic E-state index is 0.0192.